The maximum Gasteiger partial charge on any atom is 0.220 e. The highest BCUT2D eigenvalue weighted by atomic mass is 16.3. The Morgan fingerprint density at radius 3 is 2.33 bits per heavy atom. The Morgan fingerprint density at radius 1 is 1.27 bits per heavy atom. The van der Waals surface area contributed by atoms with E-state index in [-0.39, 0.29) is 31.1 Å². The van der Waals surface area contributed by atoms with Crippen molar-refractivity contribution < 1.29 is 14.7 Å². The van der Waals surface area contributed by atoms with Crippen LogP contribution in [-0.4, -0.2) is 29.4 Å². The molecule has 4 nitrogen and oxygen atoms in total. The molecule has 15 heavy (non-hydrogen) atoms. The Balaban J connectivity index is 3.57. The molecule has 0 aromatic rings. The topological polar surface area (TPSA) is 66.4 Å². The van der Waals surface area contributed by atoms with E-state index in [9.17, 15) is 14.7 Å². The number of hydrogen-bond donors (Lipinski definition) is 2. The Morgan fingerprint density at radius 2 is 1.87 bits per heavy atom. The largest absolute Gasteiger partial charge is 0.391 e. The number of carbonyl (C=O) groups is 2. The molecule has 0 saturated carbocycles. The SMILES string of the molecule is CC(=O)CCC(=O)NCC(O)CC(C)C. The van der Waals surface area contributed by atoms with Crippen LogP contribution in [0.4, 0.5) is 0 Å². The number of Topliss-reactive ketones (excluding diaryl/α,β-unsaturated/α-hetero) is 1. The third-order valence-corrected chi connectivity index (χ3v) is 1.98. The summed E-state index contributed by atoms with van der Waals surface area (Å²) in [5.41, 5.74) is 0. The number of aliphatic hydroxyl groups excluding tert-OH is 1. The summed E-state index contributed by atoms with van der Waals surface area (Å²) in [6.07, 6.45) is 0.661. The zero-order chi connectivity index (χ0) is 11.8. The zero-order valence-electron chi connectivity index (χ0n) is 9.75. The van der Waals surface area contributed by atoms with Gasteiger partial charge in [-0.05, 0) is 19.3 Å². The fourth-order valence-electron chi connectivity index (χ4n) is 1.24. The Bertz CT molecular complexity index is 214. The summed E-state index contributed by atoms with van der Waals surface area (Å²) in [6.45, 7) is 5.76. The number of carbonyl (C=O) groups excluding carboxylic acids is 2. The molecule has 0 spiro atoms. The first-order valence-corrected chi connectivity index (χ1v) is 5.36. The van der Waals surface area contributed by atoms with E-state index in [1.165, 1.54) is 6.92 Å². The van der Waals surface area contributed by atoms with Gasteiger partial charge in [-0.1, -0.05) is 13.8 Å². The molecule has 0 radical (unpaired) electrons. The van der Waals surface area contributed by atoms with Crippen molar-refractivity contribution in [1.82, 2.24) is 5.32 Å². The predicted octanol–water partition coefficient (Wildman–Crippen LogP) is 0.879. The molecule has 0 fully saturated rings. The van der Waals surface area contributed by atoms with Crippen LogP contribution < -0.4 is 5.32 Å². The van der Waals surface area contributed by atoms with Crippen LogP contribution in [0.2, 0.25) is 0 Å². The molecule has 0 aliphatic carbocycles. The number of ketones is 1. The number of hydrogen-bond acceptors (Lipinski definition) is 3. The summed E-state index contributed by atoms with van der Waals surface area (Å²) in [5, 5.41) is 12.1. The third kappa shape index (κ3) is 9.41. The van der Waals surface area contributed by atoms with E-state index >= 15 is 0 Å². The van der Waals surface area contributed by atoms with Crippen LogP contribution in [0, 0.1) is 5.92 Å². The standard InChI is InChI=1S/C11H21NO3/c1-8(2)6-10(14)7-12-11(15)5-4-9(3)13/h8,10,14H,4-7H2,1-3H3,(H,12,15). The fraction of sp³-hybridized carbons (Fsp3) is 0.818. The normalized spacial score (nSPS) is 12.6. The van der Waals surface area contributed by atoms with E-state index < -0.39 is 6.10 Å². The molecule has 1 amide bonds. The van der Waals surface area contributed by atoms with E-state index in [4.69, 9.17) is 0 Å². The van der Waals surface area contributed by atoms with Crippen molar-refractivity contribution in [2.45, 2.75) is 46.1 Å². The van der Waals surface area contributed by atoms with Gasteiger partial charge in [0.2, 0.25) is 5.91 Å². The van der Waals surface area contributed by atoms with Crippen molar-refractivity contribution in [2.75, 3.05) is 6.54 Å². The van der Waals surface area contributed by atoms with E-state index in [2.05, 4.69) is 5.32 Å². The van der Waals surface area contributed by atoms with Gasteiger partial charge in [-0.15, -0.1) is 0 Å². The summed E-state index contributed by atoms with van der Waals surface area (Å²) in [6, 6.07) is 0. The van der Waals surface area contributed by atoms with Gasteiger partial charge in [0.25, 0.3) is 0 Å². The maximum absolute atomic E-state index is 11.2. The van der Waals surface area contributed by atoms with Crippen LogP contribution in [0.1, 0.15) is 40.0 Å². The minimum absolute atomic E-state index is 0.00730. The van der Waals surface area contributed by atoms with E-state index in [1.54, 1.807) is 0 Å². The van der Waals surface area contributed by atoms with Crippen molar-refractivity contribution in [2.24, 2.45) is 5.92 Å². The van der Waals surface area contributed by atoms with Gasteiger partial charge in [0.15, 0.2) is 0 Å². The van der Waals surface area contributed by atoms with Crippen molar-refractivity contribution in [3.05, 3.63) is 0 Å². The summed E-state index contributed by atoms with van der Waals surface area (Å²) in [4.78, 5) is 21.8. The van der Waals surface area contributed by atoms with Crippen LogP contribution in [0.25, 0.3) is 0 Å². The lowest BCUT2D eigenvalue weighted by molar-refractivity contribution is -0.125. The van der Waals surface area contributed by atoms with Crippen LogP contribution >= 0.6 is 0 Å². The highest BCUT2D eigenvalue weighted by Gasteiger charge is 2.09. The minimum atomic E-state index is -0.494. The Hall–Kier alpha value is -0.900. The zero-order valence-corrected chi connectivity index (χ0v) is 9.75. The molecule has 0 heterocycles. The van der Waals surface area contributed by atoms with E-state index in [1.807, 2.05) is 13.8 Å². The highest BCUT2D eigenvalue weighted by molar-refractivity contribution is 5.83. The monoisotopic (exact) mass is 215 g/mol. The summed E-state index contributed by atoms with van der Waals surface area (Å²) < 4.78 is 0. The molecular formula is C11H21NO3. The molecule has 88 valence electrons. The maximum atomic E-state index is 11.2. The second kappa shape index (κ2) is 7.40. The van der Waals surface area contributed by atoms with Gasteiger partial charge < -0.3 is 15.2 Å². The van der Waals surface area contributed by atoms with Gasteiger partial charge in [-0.25, -0.2) is 0 Å². The summed E-state index contributed by atoms with van der Waals surface area (Å²) in [7, 11) is 0. The van der Waals surface area contributed by atoms with E-state index in [0.717, 1.165) is 0 Å². The second-order valence-electron chi connectivity index (χ2n) is 4.29. The molecule has 0 aliphatic heterocycles. The van der Waals surface area contributed by atoms with Crippen molar-refractivity contribution in [3.8, 4) is 0 Å². The van der Waals surface area contributed by atoms with Gasteiger partial charge in [0.05, 0.1) is 6.10 Å². The average Bonchev–Trinajstić information content (AvgIpc) is 2.10. The van der Waals surface area contributed by atoms with Crippen LogP contribution in [0.15, 0.2) is 0 Å². The smallest absolute Gasteiger partial charge is 0.220 e. The molecule has 1 atom stereocenters. The lowest BCUT2D eigenvalue weighted by Gasteiger charge is -2.13. The van der Waals surface area contributed by atoms with Gasteiger partial charge in [-0.2, -0.15) is 0 Å². The lowest BCUT2D eigenvalue weighted by Crippen LogP contribution is -2.32. The van der Waals surface area contributed by atoms with Crippen LogP contribution in [0.5, 0.6) is 0 Å². The first-order chi connectivity index (χ1) is 6.91. The molecule has 0 saturated heterocycles. The van der Waals surface area contributed by atoms with Gasteiger partial charge in [0.1, 0.15) is 5.78 Å². The second-order valence-corrected chi connectivity index (χ2v) is 4.29. The average molecular weight is 215 g/mol. The molecule has 1 unspecified atom stereocenters. The van der Waals surface area contributed by atoms with Gasteiger partial charge in [0, 0.05) is 19.4 Å². The van der Waals surface area contributed by atoms with E-state index in [0.29, 0.717) is 12.3 Å². The number of amides is 1. The number of rotatable bonds is 7. The highest BCUT2D eigenvalue weighted by Crippen LogP contribution is 2.03. The molecule has 0 aromatic carbocycles. The summed E-state index contributed by atoms with van der Waals surface area (Å²) >= 11 is 0. The molecule has 2 N–H and O–H groups in total. The molecule has 0 aliphatic rings. The quantitative estimate of drug-likeness (QED) is 0.662. The first kappa shape index (κ1) is 14.1. The molecule has 4 heteroatoms. The fourth-order valence-corrected chi connectivity index (χ4v) is 1.24. The third-order valence-electron chi connectivity index (χ3n) is 1.98. The lowest BCUT2D eigenvalue weighted by atomic mass is 10.1. The summed E-state index contributed by atoms with van der Waals surface area (Å²) in [5.74, 6) is 0.245. The van der Waals surface area contributed by atoms with Gasteiger partial charge in [-0.3, -0.25) is 4.79 Å². The molecule has 0 bridgehead atoms. The minimum Gasteiger partial charge on any atom is -0.391 e. The van der Waals surface area contributed by atoms with Crippen molar-refractivity contribution in [1.29, 1.82) is 0 Å². The Kier molecular flexibility index (Phi) is 6.96. The predicted molar refractivity (Wildman–Crippen MR) is 58.4 cm³/mol. The van der Waals surface area contributed by atoms with Crippen molar-refractivity contribution in [3.63, 3.8) is 0 Å². The molecule has 0 aromatic heterocycles. The van der Waals surface area contributed by atoms with Gasteiger partial charge >= 0.3 is 0 Å². The molecular weight excluding hydrogens is 194 g/mol. The Labute approximate surface area is 91.1 Å². The molecule has 0 rings (SSSR count). The van der Waals surface area contributed by atoms with Crippen molar-refractivity contribution >= 4 is 11.7 Å². The number of nitrogens with one attached hydrogen (secondary N) is 1. The van der Waals surface area contributed by atoms with Crippen LogP contribution in [-0.2, 0) is 9.59 Å². The number of aliphatic hydroxyl groups is 1. The first-order valence-electron chi connectivity index (χ1n) is 5.36. The van der Waals surface area contributed by atoms with Crippen LogP contribution in [0.3, 0.4) is 0 Å².